The van der Waals surface area contributed by atoms with Crippen LogP contribution >= 0.6 is 15.6 Å². The predicted octanol–water partition coefficient (Wildman–Crippen LogP) is 26.2. The third-order valence-electron chi connectivity index (χ3n) is 20.2. The van der Waals surface area contributed by atoms with Gasteiger partial charge in [-0.05, 0) is 37.5 Å². The zero-order valence-electron chi connectivity index (χ0n) is 69.0. The van der Waals surface area contributed by atoms with Gasteiger partial charge in [-0.1, -0.05) is 408 Å². The van der Waals surface area contributed by atoms with E-state index in [2.05, 4.69) is 41.5 Å². The molecule has 0 aromatic rings. The Morgan fingerprint density at radius 1 is 0.257 bits per heavy atom. The van der Waals surface area contributed by atoms with Gasteiger partial charge < -0.3 is 33.8 Å². The van der Waals surface area contributed by atoms with E-state index in [-0.39, 0.29) is 25.7 Å². The van der Waals surface area contributed by atoms with Gasteiger partial charge in [0.25, 0.3) is 0 Å². The van der Waals surface area contributed by atoms with Gasteiger partial charge in [-0.2, -0.15) is 0 Å². The van der Waals surface area contributed by atoms with Gasteiger partial charge in [0.15, 0.2) is 12.2 Å². The van der Waals surface area contributed by atoms with Crippen molar-refractivity contribution in [2.45, 2.75) is 477 Å². The smallest absolute Gasteiger partial charge is 0.462 e. The normalized spacial score (nSPS) is 13.8. The highest BCUT2D eigenvalue weighted by molar-refractivity contribution is 7.47. The van der Waals surface area contributed by atoms with Crippen molar-refractivity contribution in [3.8, 4) is 0 Å². The van der Waals surface area contributed by atoms with Gasteiger partial charge in [0.1, 0.15) is 19.3 Å². The Morgan fingerprint density at radius 2 is 0.438 bits per heavy atom. The second-order valence-electron chi connectivity index (χ2n) is 31.9. The number of aliphatic hydroxyl groups excluding tert-OH is 1. The zero-order valence-corrected chi connectivity index (χ0v) is 70.8. The molecule has 0 saturated heterocycles. The van der Waals surface area contributed by atoms with E-state index in [1.54, 1.807) is 0 Å². The first kappa shape index (κ1) is 103. The number of hydrogen-bond acceptors (Lipinski definition) is 15. The molecular formula is C86H168O17P2. The molecule has 17 nitrogen and oxygen atoms in total. The summed E-state index contributed by atoms with van der Waals surface area (Å²) < 4.78 is 68.8. The van der Waals surface area contributed by atoms with Crippen molar-refractivity contribution in [2.75, 3.05) is 39.6 Å². The van der Waals surface area contributed by atoms with Crippen molar-refractivity contribution in [1.29, 1.82) is 0 Å². The minimum Gasteiger partial charge on any atom is -0.462 e. The fourth-order valence-electron chi connectivity index (χ4n) is 13.4. The number of carbonyl (C=O) groups is 4. The summed E-state index contributed by atoms with van der Waals surface area (Å²) in [6, 6.07) is 0. The average Bonchev–Trinajstić information content (AvgIpc) is 0.912. The minimum absolute atomic E-state index is 0.105. The van der Waals surface area contributed by atoms with Crippen molar-refractivity contribution in [1.82, 2.24) is 0 Å². The second kappa shape index (κ2) is 77.4. The Labute approximate surface area is 645 Å². The largest absolute Gasteiger partial charge is 0.472 e. The summed E-state index contributed by atoms with van der Waals surface area (Å²) in [6.07, 6.45) is 69.8. The molecule has 2 unspecified atom stereocenters. The summed E-state index contributed by atoms with van der Waals surface area (Å²) in [4.78, 5) is 73.2. The number of phosphoric ester groups is 2. The van der Waals surface area contributed by atoms with Crippen LogP contribution in [0.1, 0.15) is 459 Å². The lowest BCUT2D eigenvalue weighted by Crippen LogP contribution is -2.30. The second-order valence-corrected chi connectivity index (χ2v) is 34.8. The van der Waals surface area contributed by atoms with E-state index in [1.165, 1.54) is 276 Å². The fourth-order valence-corrected chi connectivity index (χ4v) is 15.0. The quantitative estimate of drug-likeness (QED) is 0.0222. The van der Waals surface area contributed by atoms with Crippen LogP contribution in [-0.4, -0.2) is 96.7 Å². The molecule has 5 atom stereocenters. The number of hydrogen-bond donors (Lipinski definition) is 3. The molecule has 0 aliphatic rings. The first-order valence-corrected chi connectivity index (χ1v) is 47.5. The van der Waals surface area contributed by atoms with Crippen LogP contribution in [0.3, 0.4) is 0 Å². The summed E-state index contributed by atoms with van der Waals surface area (Å²) >= 11 is 0. The van der Waals surface area contributed by atoms with Crippen LogP contribution in [0.5, 0.6) is 0 Å². The topological polar surface area (TPSA) is 237 Å². The number of esters is 4. The van der Waals surface area contributed by atoms with E-state index < -0.39 is 97.5 Å². The summed E-state index contributed by atoms with van der Waals surface area (Å²) in [5.74, 6) is -0.644. The van der Waals surface area contributed by atoms with Gasteiger partial charge in [-0.3, -0.25) is 37.3 Å². The van der Waals surface area contributed by atoms with Crippen LogP contribution in [-0.2, 0) is 65.4 Å². The Hall–Kier alpha value is -1.94. The van der Waals surface area contributed by atoms with Gasteiger partial charge in [0.05, 0.1) is 26.4 Å². The number of rotatable bonds is 85. The molecular weight excluding hydrogens is 1370 g/mol. The molecule has 0 amide bonds. The van der Waals surface area contributed by atoms with Gasteiger partial charge in [-0.25, -0.2) is 9.13 Å². The molecule has 0 aromatic carbocycles. The average molecular weight is 1540 g/mol. The van der Waals surface area contributed by atoms with Crippen molar-refractivity contribution >= 4 is 39.5 Å². The van der Waals surface area contributed by atoms with Crippen LogP contribution < -0.4 is 0 Å². The van der Waals surface area contributed by atoms with Crippen LogP contribution in [0.15, 0.2) is 0 Å². The Morgan fingerprint density at radius 3 is 0.648 bits per heavy atom. The van der Waals surface area contributed by atoms with Crippen LogP contribution in [0.25, 0.3) is 0 Å². The number of unbranched alkanes of at least 4 members (excludes halogenated alkanes) is 55. The Kier molecular flexibility index (Phi) is 76.0. The lowest BCUT2D eigenvalue weighted by molar-refractivity contribution is -0.161. The van der Waals surface area contributed by atoms with Gasteiger partial charge in [0.2, 0.25) is 0 Å². The maximum absolute atomic E-state index is 13.1. The fraction of sp³-hybridized carbons (Fsp3) is 0.953. The summed E-state index contributed by atoms with van der Waals surface area (Å²) in [5, 5.41) is 10.7. The van der Waals surface area contributed by atoms with Crippen molar-refractivity contribution in [3.05, 3.63) is 0 Å². The minimum atomic E-state index is -4.97. The molecule has 0 aliphatic carbocycles. The van der Waals surface area contributed by atoms with E-state index >= 15 is 0 Å². The summed E-state index contributed by atoms with van der Waals surface area (Å²) in [7, 11) is -9.93. The first-order valence-electron chi connectivity index (χ1n) is 44.5. The molecule has 105 heavy (non-hydrogen) atoms. The Balaban J connectivity index is 5.20. The molecule has 0 bridgehead atoms. The number of phosphoric acid groups is 2. The monoisotopic (exact) mass is 1540 g/mol. The molecule has 0 spiro atoms. The number of aliphatic hydroxyl groups is 1. The standard InChI is InChI=1S/C86H168O17P2/c1-7-9-11-13-15-17-19-21-23-25-27-29-30-32-34-36-38-40-44-52-58-64-70-85(90)102-81(74-96-83(88)68-62-56-50-43-39-37-35-33-31-28-26-24-22-20-18-16-14-12-10-8-2)76-100-104(92,93)98-72-80(87)73-99-105(94,95)101-77-82(75-97-84(89)69-63-57-51-47-46-49-55-61-67-79(5)6)103-86(91)71-65-59-53-45-41-42-48-54-60-66-78(3)4/h78-82,87H,7-77H2,1-6H3,(H,92,93)(H,94,95)/t80-,81-,82-/m1/s1. The van der Waals surface area contributed by atoms with Crippen molar-refractivity contribution in [2.24, 2.45) is 11.8 Å². The van der Waals surface area contributed by atoms with E-state index in [4.69, 9.17) is 37.0 Å². The maximum atomic E-state index is 13.1. The molecule has 0 aromatic heterocycles. The van der Waals surface area contributed by atoms with Crippen molar-refractivity contribution < 1.29 is 80.2 Å². The molecule has 0 radical (unpaired) electrons. The predicted molar refractivity (Wildman–Crippen MR) is 432 cm³/mol. The molecule has 624 valence electrons. The first-order chi connectivity index (χ1) is 50.9. The highest BCUT2D eigenvalue weighted by Gasteiger charge is 2.30. The van der Waals surface area contributed by atoms with E-state index in [9.17, 15) is 43.2 Å². The molecule has 3 N–H and O–H groups in total. The van der Waals surface area contributed by atoms with Crippen LogP contribution in [0, 0.1) is 11.8 Å². The molecule has 0 heterocycles. The molecule has 0 fully saturated rings. The van der Waals surface area contributed by atoms with Gasteiger partial charge in [-0.15, -0.1) is 0 Å². The lowest BCUT2D eigenvalue weighted by atomic mass is 10.0. The van der Waals surface area contributed by atoms with Crippen LogP contribution in [0.4, 0.5) is 0 Å². The molecule has 19 heteroatoms. The zero-order chi connectivity index (χ0) is 77.1. The van der Waals surface area contributed by atoms with E-state index in [1.807, 2.05) is 0 Å². The van der Waals surface area contributed by atoms with Crippen molar-refractivity contribution in [3.63, 3.8) is 0 Å². The molecule has 0 aliphatic heterocycles. The maximum Gasteiger partial charge on any atom is 0.472 e. The summed E-state index contributed by atoms with van der Waals surface area (Å²) in [5.41, 5.74) is 0. The lowest BCUT2D eigenvalue weighted by Gasteiger charge is -2.21. The Bertz CT molecular complexity index is 2010. The number of carbonyl (C=O) groups excluding carboxylic acids is 4. The summed E-state index contributed by atoms with van der Waals surface area (Å²) in [6.45, 7) is 9.60. The van der Waals surface area contributed by atoms with Gasteiger partial charge in [0, 0.05) is 25.7 Å². The van der Waals surface area contributed by atoms with Crippen LogP contribution in [0.2, 0.25) is 0 Å². The highest BCUT2D eigenvalue weighted by atomic mass is 31.2. The van der Waals surface area contributed by atoms with E-state index in [0.717, 1.165) is 102 Å². The highest BCUT2D eigenvalue weighted by Crippen LogP contribution is 2.45. The number of ether oxygens (including phenoxy) is 4. The van der Waals surface area contributed by atoms with Gasteiger partial charge >= 0.3 is 39.5 Å². The van der Waals surface area contributed by atoms with E-state index in [0.29, 0.717) is 25.7 Å². The third-order valence-corrected chi connectivity index (χ3v) is 22.1. The third kappa shape index (κ3) is 79.9. The SMILES string of the molecule is CCCCCCCCCCCCCCCCCCCCCCCCC(=O)O[C@H](COC(=O)CCCCCCCCCCCCCCCCCCCCCC)COP(=O)(O)OC[C@@H](O)COP(=O)(O)OC[C@@H](COC(=O)CCCCCCCCCCC(C)C)OC(=O)CCCCCCCCCCCC(C)C. The molecule has 0 rings (SSSR count). The molecule has 0 saturated carbocycles.